The van der Waals surface area contributed by atoms with Gasteiger partial charge >= 0.3 is 0 Å². The van der Waals surface area contributed by atoms with Crippen LogP contribution in [0.25, 0.3) is 21.7 Å². The van der Waals surface area contributed by atoms with E-state index in [-0.39, 0.29) is 12.5 Å². The second-order valence-electron chi connectivity index (χ2n) is 9.14. The minimum atomic E-state index is -0.299. The van der Waals surface area contributed by atoms with Gasteiger partial charge in [-0.2, -0.15) is 5.10 Å². The van der Waals surface area contributed by atoms with Crippen LogP contribution in [0.3, 0.4) is 0 Å². The average molecular weight is 538 g/mol. The van der Waals surface area contributed by atoms with Crippen LogP contribution < -0.4 is 10.2 Å². The highest BCUT2D eigenvalue weighted by Crippen LogP contribution is 2.45. The zero-order chi connectivity index (χ0) is 25.7. The van der Waals surface area contributed by atoms with Crippen LogP contribution in [0, 0.1) is 0 Å². The van der Waals surface area contributed by atoms with Crippen molar-refractivity contribution in [1.29, 1.82) is 0 Å². The molecular formula is C31H27N3O2S2. The van der Waals surface area contributed by atoms with E-state index < -0.39 is 0 Å². The number of amides is 1. The Labute approximate surface area is 230 Å². The van der Waals surface area contributed by atoms with Crippen molar-refractivity contribution in [3.63, 3.8) is 0 Å². The van der Waals surface area contributed by atoms with E-state index in [1.54, 1.807) is 6.21 Å². The fourth-order valence-corrected chi connectivity index (χ4v) is 7.53. The Kier molecular flexibility index (Phi) is 7.38. The smallest absolute Gasteiger partial charge is 0.277 e. The van der Waals surface area contributed by atoms with Crippen molar-refractivity contribution in [2.45, 2.75) is 11.1 Å². The summed E-state index contributed by atoms with van der Waals surface area (Å²) < 4.78 is 8.38. The summed E-state index contributed by atoms with van der Waals surface area (Å²) in [5, 5.41) is 7.76. The Morgan fingerprint density at radius 2 is 1.71 bits per heavy atom. The molecule has 1 saturated heterocycles. The van der Waals surface area contributed by atoms with Gasteiger partial charge in [-0.15, -0.1) is 23.5 Å². The van der Waals surface area contributed by atoms with E-state index in [0.29, 0.717) is 10.3 Å². The summed E-state index contributed by atoms with van der Waals surface area (Å²) >= 11 is 3.94. The van der Waals surface area contributed by atoms with Gasteiger partial charge in [0.25, 0.3) is 5.91 Å². The number of carbonyl (C=O) groups excluding carboxylic acids is 1. The minimum Gasteiger partial charge on any atom is -0.484 e. The molecule has 1 amide bonds. The molecule has 0 radical (unpaired) electrons. The Morgan fingerprint density at radius 3 is 2.55 bits per heavy atom. The second kappa shape index (κ2) is 11.4. The fraction of sp³-hybridized carbons (Fsp3) is 0.161. The molecule has 38 heavy (non-hydrogen) atoms. The predicted octanol–water partition coefficient (Wildman–Crippen LogP) is 6.85. The molecule has 0 saturated carbocycles. The quantitative estimate of drug-likeness (QED) is 0.174. The molecule has 2 heterocycles. The molecule has 0 spiro atoms. The number of nitrogens with one attached hydrogen (secondary N) is 1. The molecule has 7 heteroatoms. The Bertz CT molecular complexity index is 1610. The lowest BCUT2D eigenvalue weighted by molar-refractivity contribution is -0.123. The first-order valence-corrected chi connectivity index (χ1v) is 14.7. The van der Waals surface area contributed by atoms with Gasteiger partial charge in [-0.25, -0.2) is 5.43 Å². The monoisotopic (exact) mass is 537 g/mol. The molecule has 5 nitrogen and oxygen atoms in total. The van der Waals surface area contributed by atoms with Gasteiger partial charge in [0.2, 0.25) is 0 Å². The molecule has 0 bridgehead atoms. The molecular weight excluding hydrogens is 510 g/mol. The number of hydrazone groups is 1. The van der Waals surface area contributed by atoms with E-state index in [1.165, 1.54) is 33.4 Å². The first-order chi connectivity index (χ1) is 18.7. The number of benzene rings is 4. The number of hydrogen-bond donors (Lipinski definition) is 1. The molecule has 4 aromatic carbocycles. The number of thioether (sulfide) groups is 2. The molecule has 1 aliphatic heterocycles. The van der Waals surface area contributed by atoms with Crippen molar-refractivity contribution in [3.8, 4) is 5.75 Å². The summed E-state index contributed by atoms with van der Waals surface area (Å²) in [6.45, 7) is 0.656. The number of ether oxygens (including phenoxy) is 1. The van der Waals surface area contributed by atoms with Crippen LogP contribution in [0.4, 0.5) is 0 Å². The third-order valence-corrected chi connectivity index (χ3v) is 9.63. The van der Waals surface area contributed by atoms with Crippen molar-refractivity contribution in [2.75, 3.05) is 18.1 Å². The summed E-state index contributed by atoms with van der Waals surface area (Å²) in [4.78, 5) is 12.3. The molecule has 1 aliphatic rings. The van der Waals surface area contributed by atoms with Gasteiger partial charge in [0, 0.05) is 40.7 Å². The maximum atomic E-state index is 12.3. The van der Waals surface area contributed by atoms with E-state index in [1.807, 2.05) is 47.8 Å². The fourth-order valence-electron chi connectivity index (χ4n) is 4.67. The van der Waals surface area contributed by atoms with Gasteiger partial charge in [-0.3, -0.25) is 4.79 Å². The van der Waals surface area contributed by atoms with Crippen molar-refractivity contribution in [3.05, 3.63) is 114 Å². The third-order valence-electron chi connectivity index (χ3n) is 6.52. The van der Waals surface area contributed by atoms with Crippen molar-refractivity contribution in [2.24, 2.45) is 5.10 Å². The number of fused-ring (bicyclic) bond motifs is 2. The zero-order valence-electron chi connectivity index (χ0n) is 20.7. The van der Waals surface area contributed by atoms with Crippen LogP contribution in [0.2, 0.25) is 0 Å². The normalized spacial score (nSPS) is 14.0. The summed E-state index contributed by atoms with van der Waals surface area (Å²) in [6, 6.07) is 31.2. The average Bonchev–Trinajstić information content (AvgIpc) is 3.61. The Morgan fingerprint density at radius 1 is 0.947 bits per heavy atom. The molecule has 5 aromatic rings. The first-order valence-electron chi connectivity index (χ1n) is 12.6. The lowest BCUT2D eigenvalue weighted by Gasteiger charge is -2.10. The number of hydrogen-bond acceptors (Lipinski definition) is 5. The molecule has 190 valence electrons. The summed E-state index contributed by atoms with van der Waals surface area (Å²) in [5.41, 5.74) is 7.18. The highest BCUT2D eigenvalue weighted by atomic mass is 32.2. The van der Waals surface area contributed by atoms with Gasteiger partial charge in [0.1, 0.15) is 5.75 Å². The predicted molar refractivity (Wildman–Crippen MR) is 160 cm³/mol. The lowest BCUT2D eigenvalue weighted by Crippen LogP contribution is -2.24. The van der Waals surface area contributed by atoms with Gasteiger partial charge in [-0.05, 0) is 46.2 Å². The van der Waals surface area contributed by atoms with Gasteiger partial charge in [0.05, 0.1) is 10.8 Å². The molecule has 1 N–H and O–H groups in total. The Hall–Kier alpha value is -3.68. The molecule has 0 unspecified atom stereocenters. The van der Waals surface area contributed by atoms with Gasteiger partial charge in [0.15, 0.2) is 6.61 Å². The number of carbonyl (C=O) groups is 1. The van der Waals surface area contributed by atoms with Crippen LogP contribution in [0.15, 0.2) is 102 Å². The van der Waals surface area contributed by atoms with Crippen LogP contribution in [-0.4, -0.2) is 34.8 Å². The van der Waals surface area contributed by atoms with E-state index in [0.717, 1.165) is 23.0 Å². The Balaban J connectivity index is 1.09. The molecule has 1 fully saturated rings. The van der Waals surface area contributed by atoms with Crippen molar-refractivity contribution < 1.29 is 9.53 Å². The number of aromatic nitrogens is 1. The molecule has 6 rings (SSSR count). The van der Waals surface area contributed by atoms with Crippen molar-refractivity contribution >= 4 is 57.3 Å². The van der Waals surface area contributed by atoms with Gasteiger partial charge < -0.3 is 9.30 Å². The molecule has 1 aromatic heterocycles. The summed E-state index contributed by atoms with van der Waals surface area (Å²) in [5.74, 6) is 2.77. The third kappa shape index (κ3) is 5.59. The number of para-hydroxylation sites is 1. The van der Waals surface area contributed by atoms with Crippen LogP contribution in [-0.2, 0) is 11.3 Å². The maximum Gasteiger partial charge on any atom is 0.277 e. The van der Waals surface area contributed by atoms with Crippen molar-refractivity contribution in [1.82, 2.24) is 9.99 Å². The lowest BCUT2D eigenvalue weighted by atomic mass is 10.1. The highest BCUT2D eigenvalue weighted by Gasteiger charge is 2.18. The van der Waals surface area contributed by atoms with E-state index in [9.17, 15) is 4.79 Å². The number of nitrogens with zero attached hydrogens (tertiary/aromatic N) is 2. The van der Waals surface area contributed by atoms with Gasteiger partial charge in [-0.1, -0.05) is 66.7 Å². The zero-order valence-corrected chi connectivity index (χ0v) is 22.4. The highest BCUT2D eigenvalue weighted by molar-refractivity contribution is 8.19. The van der Waals surface area contributed by atoms with Crippen LogP contribution in [0.1, 0.15) is 21.3 Å². The second-order valence-corrected chi connectivity index (χ2v) is 11.9. The SMILES string of the molecule is O=C(COc1ccc(C2SCCS2)cc1)N/N=C\c1cn(Cc2ccc3ccccc3c2)c2ccccc12. The standard InChI is InChI=1S/C31H27N3O2S2/c35-30(21-36-27-13-11-24(12-14-27)31-37-15-16-38-31)33-32-18-26-20-34(29-8-4-3-7-28(26)29)19-22-9-10-23-5-1-2-6-25(23)17-22/h1-14,17-18,20,31H,15-16,19,21H2,(H,33,35)/b32-18-. The van der Waals surface area contributed by atoms with E-state index in [4.69, 9.17) is 4.74 Å². The molecule has 0 aliphatic carbocycles. The largest absolute Gasteiger partial charge is 0.484 e. The van der Waals surface area contributed by atoms with Crippen LogP contribution >= 0.6 is 23.5 Å². The summed E-state index contributed by atoms with van der Waals surface area (Å²) in [7, 11) is 0. The first kappa shape index (κ1) is 24.6. The topological polar surface area (TPSA) is 55.6 Å². The maximum absolute atomic E-state index is 12.3. The van der Waals surface area contributed by atoms with E-state index >= 15 is 0 Å². The van der Waals surface area contributed by atoms with Crippen LogP contribution in [0.5, 0.6) is 5.75 Å². The molecule has 0 atom stereocenters. The minimum absolute atomic E-state index is 0.0899. The van der Waals surface area contributed by atoms with E-state index in [2.05, 4.69) is 88.0 Å². The summed E-state index contributed by atoms with van der Waals surface area (Å²) in [6.07, 6.45) is 3.78. The number of rotatable bonds is 8.